The predicted octanol–water partition coefficient (Wildman–Crippen LogP) is 8.46. The fourth-order valence-corrected chi connectivity index (χ4v) is 8.56. The molecule has 4 atom stereocenters. The van der Waals surface area contributed by atoms with Crippen LogP contribution < -0.4 is 5.32 Å². The van der Waals surface area contributed by atoms with Gasteiger partial charge >= 0.3 is 0 Å². The van der Waals surface area contributed by atoms with Crippen molar-refractivity contribution >= 4 is 33.6 Å². The highest BCUT2D eigenvalue weighted by Gasteiger charge is 2.54. The molecule has 12 heteroatoms. The SMILES string of the molecule is COC[C@H]1O[C@@H](n2cnc3c(NCC(c4ccccc4)c4ccccc4)nc(CC#N)nc32)[C@H](O[Si](C)(C)C(C)(C)C)[C@@H]1O[Si](C)(C)C(C)(C)C. The van der Waals surface area contributed by atoms with E-state index in [9.17, 15) is 5.26 Å². The van der Waals surface area contributed by atoms with Crippen molar-refractivity contribution < 1.29 is 18.3 Å². The highest BCUT2D eigenvalue weighted by atomic mass is 28.4. The van der Waals surface area contributed by atoms with Gasteiger partial charge in [-0.25, -0.2) is 15.0 Å². The van der Waals surface area contributed by atoms with Crippen molar-refractivity contribution in [3.8, 4) is 6.07 Å². The quantitative estimate of drug-likeness (QED) is 0.135. The standard InChI is InChI=1S/C39H56N6O4Si2/c1-38(2,3)50(8,9)48-33-30(25-46-7)47-37(34(33)49-51(10,11)39(4,5)6)45-26-42-32-35(43-31(22-23-40)44-36(32)45)41-24-29(27-18-14-12-15-19-27)28-20-16-13-17-21-28/h12-21,26,29-30,33-34,37H,22,24-25H2,1-11H3,(H,41,43,44)/t30-,33-,34-,37-/m1/s1. The van der Waals surface area contributed by atoms with Crippen LogP contribution in [0.3, 0.4) is 0 Å². The number of hydrogen-bond acceptors (Lipinski definition) is 9. The number of aromatic nitrogens is 4. The van der Waals surface area contributed by atoms with E-state index in [0.717, 1.165) is 0 Å². The molecule has 0 amide bonds. The molecular weight excluding hydrogens is 673 g/mol. The molecule has 5 rings (SSSR count). The maximum absolute atomic E-state index is 9.74. The van der Waals surface area contributed by atoms with Crippen molar-refractivity contribution in [1.82, 2.24) is 19.5 Å². The van der Waals surface area contributed by atoms with Crippen molar-refractivity contribution in [3.63, 3.8) is 0 Å². The fraction of sp³-hybridized carbons (Fsp3) is 0.538. The normalized spacial score (nSPS) is 20.2. The second kappa shape index (κ2) is 15.3. The van der Waals surface area contributed by atoms with Crippen LogP contribution in [0.4, 0.5) is 5.82 Å². The molecule has 1 saturated heterocycles. The third kappa shape index (κ3) is 8.45. The van der Waals surface area contributed by atoms with Gasteiger partial charge in [-0.1, -0.05) is 102 Å². The van der Waals surface area contributed by atoms with Crippen molar-refractivity contribution in [3.05, 3.63) is 83.9 Å². The minimum absolute atomic E-state index is 0.0245. The number of methoxy groups -OCH3 is 1. The molecule has 0 radical (unpaired) electrons. The summed E-state index contributed by atoms with van der Waals surface area (Å²) in [5.41, 5.74) is 3.55. The first kappa shape index (κ1) is 38.8. The Kier molecular flexibility index (Phi) is 11.6. The van der Waals surface area contributed by atoms with E-state index in [0.29, 0.717) is 36.0 Å². The molecule has 0 aliphatic carbocycles. The van der Waals surface area contributed by atoms with Crippen molar-refractivity contribution in [2.75, 3.05) is 25.6 Å². The molecule has 3 heterocycles. The molecule has 1 N–H and O–H groups in total. The monoisotopic (exact) mass is 728 g/mol. The highest BCUT2D eigenvalue weighted by Crippen LogP contribution is 2.46. The van der Waals surface area contributed by atoms with Gasteiger partial charge in [-0.15, -0.1) is 0 Å². The zero-order valence-electron chi connectivity index (χ0n) is 32.2. The van der Waals surface area contributed by atoms with Crippen LogP contribution in [0.2, 0.25) is 36.3 Å². The molecule has 2 aromatic carbocycles. The summed E-state index contributed by atoms with van der Waals surface area (Å²) in [7, 11) is -2.93. The van der Waals surface area contributed by atoms with Crippen molar-refractivity contribution in [2.45, 2.75) is 115 Å². The van der Waals surface area contributed by atoms with E-state index < -0.39 is 29.0 Å². The van der Waals surface area contributed by atoms with E-state index in [1.54, 1.807) is 13.4 Å². The van der Waals surface area contributed by atoms with Crippen LogP contribution in [0.5, 0.6) is 0 Å². The minimum atomic E-state index is -2.34. The Hall–Kier alpha value is -3.45. The molecule has 0 unspecified atom stereocenters. The van der Waals surface area contributed by atoms with Crippen LogP contribution in [0.1, 0.15) is 70.6 Å². The van der Waals surface area contributed by atoms with Gasteiger partial charge in [-0.05, 0) is 47.4 Å². The smallest absolute Gasteiger partial charge is 0.192 e. The second-order valence-electron chi connectivity index (χ2n) is 16.6. The predicted molar refractivity (Wildman–Crippen MR) is 208 cm³/mol. The number of imidazole rings is 1. The molecule has 0 spiro atoms. The molecule has 2 aromatic heterocycles. The first-order valence-electron chi connectivity index (χ1n) is 17.9. The van der Waals surface area contributed by atoms with Crippen molar-refractivity contribution in [2.24, 2.45) is 0 Å². The van der Waals surface area contributed by atoms with Gasteiger partial charge in [0.1, 0.15) is 24.1 Å². The third-order valence-electron chi connectivity index (χ3n) is 10.9. The number of nitrogens with zero attached hydrogens (tertiary/aromatic N) is 5. The summed E-state index contributed by atoms with van der Waals surface area (Å²) < 4.78 is 29.0. The Bertz CT molecular complexity index is 1760. The Balaban J connectivity index is 1.59. The Labute approximate surface area is 306 Å². The summed E-state index contributed by atoms with van der Waals surface area (Å²) >= 11 is 0. The number of hydrogen-bond donors (Lipinski definition) is 1. The lowest BCUT2D eigenvalue weighted by molar-refractivity contribution is -0.0562. The van der Waals surface area contributed by atoms with Crippen LogP contribution in [0.25, 0.3) is 11.2 Å². The summed E-state index contributed by atoms with van der Waals surface area (Å²) in [5.74, 6) is 1.04. The molecule has 1 aliphatic rings. The molecule has 10 nitrogen and oxygen atoms in total. The number of fused-ring (bicyclic) bond motifs is 1. The molecule has 0 saturated carbocycles. The minimum Gasteiger partial charge on any atom is -0.408 e. The van der Waals surface area contributed by atoms with Crippen LogP contribution in [0.15, 0.2) is 67.0 Å². The number of nitrogens with one attached hydrogen (secondary N) is 1. The summed E-state index contributed by atoms with van der Waals surface area (Å²) in [4.78, 5) is 14.6. The van der Waals surface area contributed by atoms with E-state index in [1.807, 2.05) is 16.7 Å². The van der Waals surface area contributed by atoms with Gasteiger partial charge in [-0.2, -0.15) is 5.26 Å². The third-order valence-corrected chi connectivity index (χ3v) is 19.9. The van der Waals surface area contributed by atoms with Gasteiger partial charge in [-0.3, -0.25) is 4.57 Å². The van der Waals surface area contributed by atoms with Gasteiger partial charge in [0.2, 0.25) is 0 Å². The zero-order chi connectivity index (χ0) is 37.2. The number of rotatable bonds is 13. The van der Waals surface area contributed by atoms with Crippen LogP contribution >= 0.6 is 0 Å². The zero-order valence-corrected chi connectivity index (χ0v) is 34.2. The van der Waals surface area contributed by atoms with Crippen molar-refractivity contribution in [1.29, 1.82) is 5.26 Å². The molecule has 4 aromatic rings. The second-order valence-corrected chi connectivity index (χ2v) is 26.1. The van der Waals surface area contributed by atoms with Gasteiger partial charge in [0, 0.05) is 19.6 Å². The lowest BCUT2D eigenvalue weighted by Crippen LogP contribution is -2.54. The molecule has 1 aliphatic heterocycles. The Morgan fingerprint density at radius 3 is 1.92 bits per heavy atom. The number of nitriles is 1. The molecule has 1 fully saturated rings. The van der Waals surface area contributed by atoms with Crippen LogP contribution in [0, 0.1) is 11.3 Å². The van der Waals surface area contributed by atoms with Crippen LogP contribution in [-0.2, 0) is 24.7 Å². The van der Waals surface area contributed by atoms with E-state index in [4.69, 9.17) is 33.3 Å². The number of anilines is 1. The fourth-order valence-electron chi connectivity index (χ4n) is 5.95. The van der Waals surface area contributed by atoms with E-state index in [-0.39, 0.29) is 34.6 Å². The maximum atomic E-state index is 9.74. The van der Waals surface area contributed by atoms with Gasteiger partial charge < -0.3 is 23.6 Å². The molecule has 274 valence electrons. The first-order valence-corrected chi connectivity index (χ1v) is 23.7. The van der Waals surface area contributed by atoms with E-state index in [2.05, 4.69) is 128 Å². The van der Waals surface area contributed by atoms with Crippen LogP contribution in [-0.4, -0.2) is 74.7 Å². The summed E-state index contributed by atoms with van der Waals surface area (Å²) in [6.07, 6.45) is 0.00421. The Morgan fingerprint density at radius 2 is 1.41 bits per heavy atom. The molecule has 0 bridgehead atoms. The number of ether oxygens (including phenoxy) is 2. The van der Waals surface area contributed by atoms with Gasteiger partial charge in [0.15, 0.2) is 39.8 Å². The van der Waals surface area contributed by atoms with E-state index >= 15 is 0 Å². The lowest BCUT2D eigenvalue weighted by atomic mass is 9.91. The average molecular weight is 729 g/mol. The largest absolute Gasteiger partial charge is 0.408 e. The first-order chi connectivity index (χ1) is 24.0. The maximum Gasteiger partial charge on any atom is 0.192 e. The molecular formula is C39H56N6O4Si2. The molecule has 51 heavy (non-hydrogen) atoms. The lowest BCUT2D eigenvalue weighted by Gasteiger charge is -2.44. The summed E-state index contributed by atoms with van der Waals surface area (Å²) in [6, 6.07) is 23.1. The highest BCUT2D eigenvalue weighted by molar-refractivity contribution is 6.74. The van der Waals surface area contributed by atoms with Gasteiger partial charge in [0.05, 0.1) is 25.4 Å². The van der Waals surface area contributed by atoms with Gasteiger partial charge in [0.25, 0.3) is 0 Å². The topological polar surface area (TPSA) is 116 Å². The number of benzene rings is 2. The summed E-state index contributed by atoms with van der Waals surface area (Å²) in [6.45, 7) is 23.4. The Morgan fingerprint density at radius 1 is 0.863 bits per heavy atom. The average Bonchev–Trinajstić information content (AvgIpc) is 3.62. The van der Waals surface area contributed by atoms with E-state index in [1.165, 1.54) is 11.1 Å². The summed E-state index contributed by atoms with van der Waals surface area (Å²) in [5, 5.41) is 13.3.